The van der Waals surface area contributed by atoms with E-state index in [1.807, 2.05) is 0 Å². The SMILES string of the molecule is CCCC[C@@H](CC)CNC(=S)Nc1ccc(N2CCOCC2)cc1N1CCOCC1. The number of anilines is 3. The van der Waals surface area contributed by atoms with Crippen LogP contribution in [0.3, 0.4) is 0 Å². The standard InChI is InChI=1S/C23H38N4O2S/c1-3-5-6-19(4-2)18-24-23(30)25-21-8-7-20(26-9-13-28-14-10-26)17-22(21)27-11-15-29-16-12-27/h7-8,17,19H,3-6,9-16,18H2,1-2H3,(H2,24,25,30)/t19-/m1/s1. The van der Waals surface area contributed by atoms with Crippen molar-refractivity contribution < 1.29 is 9.47 Å². The minimum atomic E-state index is 0.673. The number of thiocarbonyl (C=S) groups is 1. The Bertz CT molecular complexity index is 661. The first-order valence-corrected chi connectivity index (χ1v) is 12.0. The van der Waals surface area contributed by atoms with E-state index >= 15 is 0 Å². The number of benzene rings is 1. The number of hydrogen-bond donors (Lipinski definition) is 2. The summed E-state index contributed by atoms with van der Waals surface area (Å²) in [6.45, 7) is 12.2. The van der Waals surface area contributed by atoms with Crippen molar-refractivity contribution in [2.45, 2.75) is 39.5 Å². The van der Waals surface area contributed by atoms with Gasteiger partial charge in [0, 0.05) is 38.4 Å². The van der Waals surface area contributed by atoms with E-state index in [1.165, 1.54) is 37.1 Å². The molecule has 0 saturated carbocycles. The van der Waals surface area contributed by atoms with Gasteiger partial charge in [0.2, 0.25) is 0 Å². The molecule has 1 aromatic carbocycles. The average molecular weight is 435 g/mol. The summed E-state index contributed by atoms with van der Waals surface area (Å²) < 4.78 is 11.1. The van der Waals surface area contributed by atoms with Crippen molar-refractivity contribution in [3.05, 3.63) is 18.2 Å². The first-order valence-electron chi connectivity index (χ1n) is 11.6. The highest BCUT2D eigenvalue weighted by Gasteiger charge is 2.19. The van der Waals surface area contributed by atoms with Crippen LogP contribution in [0, 0.1) is 5.92 Å². The second-order valence-electron chi connectivity index (χ2n) is 8.15. The van der Waals surface area contributed by atoms with Gasteiger partial charge in [-0.15, -0.1) is 0 Å². The zero-order valence-electron chi connectivity index (χ0n) is 18.6. The smallest absolute Gasteiger partial charge is 0.170 e. The van der Waals surface area contributed by atoms with Gasteiger partial charge in [0.1, 0.15) is 0 Å². The third kappa shape index (κ3) is 6.72. The fourth-order valence-electron chi connectivity index (χ4n) is 4.06. The molecule has 0 bridgehead atoms. The lowest BCUT2D eigenvalue weighted by Crippen LogP contribution is -2.39. The molecule has 168 valence electrons. The van der Waals surface area contributed by atoms with Gasteiger partial charge in [0.15, 0.2) is 5.11 Å². The van der Waals surface area contributed by atoms with E-state index in [-0.39, 0.29) is 0 Å². The maximum absolute atomic E-state index is 5.64. The average Bonchev–Trinajstić information content (AvgIpc) is 2.80. The Morgan fingerprint density at radius 1 is 1.03 bits per heavy atom. The highest BCUT2D eigenvalue weighted by molar-refractivity contribution is 7.80. The van der Waals surface area contributed by atoms with E-state index in [9.17, 15) is 0 Å². The van der Waals surface area contributed by atoms with Gasteiger partial charge in [0.25, 0.3) is 0 Å². The maximum Gasteiger partial charge on any atom is 0.170 e. The summed E-state index contributed by atoms with van der Waals surface area (Å²) >= 11 is 5.64. The third-order valence-electron chi connectivity index (χ3n) is 6.05. The Hall–Kier alpha value is -1.57. The Labute approximate surface area is 187 Å². The topological polar surface area (TPSA) is 49.0 Å². The highest BCUT2D eigenvalue weighted by atomic mass is 32.1. The van der Waals surface area contributed by atoms with Crippen LogP contribution in [-0.4, -0.2) is 64.3 Å². The molecule has 0 radical (unpaired) electrons. The van der Waals surface area contributed by atoms with Crippen molar-refractivity contribution in [3.63, 3.8) is 0 Å². The van der Waals surface area contributed by atoms with E-state index < -0.39 is 0 Å². The molecule has 2 fully saturated rings. The Kier molecular flexibility index (Phi) is 9.49. The van der Waals surface area contributed by atoms with Crippen molar-refractivity contribution in [2.24, 2.45) is 5.92 Å². The van der Waals surface area contributed by atoms with Crippen molar-refractivity contribution in [2.75, 3.05) is 74.3 Å². The van der Waals surface area contributed by atoms with Gasteiger partial charge < -0.3 is 29.9 Å². The number of hydrogen-bond acceptors (Lipinski definition) is 5. The summed E-state index contributed by atoms with van der Waals surface area (Å²) in [5.74, 6) is 0.673. The molecule has 1 atom stereocenters. The summed E-state index contributed by atoms with van der Waals surface area (Å²) in [6, 6.07) is 6.64. The largest absolute Gasteiger partial charge is 0.378 e. The van der Waals surface area contributed by atoms with Gasteiger partial charge in [0.05, 0.1) is 37.8 Å². The van der Waals surface area contributed by atoms with E-state index in [0.717, 1.165) is 64.8 Å². The molecule has 2 saturated heterocycles. The number of rotatable bonds is 9. The van der Waals surface area contributed by atoms with E-state index in [0.29, 0.717) is 11.0 Å². The summed E-state index contributed by atoms with van der Waals surface area (Å²) in [5.41, 5.74) is 3.51. The lowest BCUT2D eigenvalue weighted by Gasteiger charge is -2.34. The van der Waals surface area contributed by atoms with Crippen molar-refractivity contribution >= 4 is 34.4 Å². The van der Waals surface area contributed by atoms with Crippen LogP contribution in [0.25, 0.3) is 0 Å². The van der Waals surface area contributed by atoms with Crippen LogP contribution < -0.4 is 20.4 Å². The zero-order chi connectivity index (χ0) is 21.2. The molecule has 2 heterocycles. The minimum absolute atomic E-state index is 0.673. The Morgan fingerprint density at radius 2 is 1.70 bits per heavy atom. The Balaban J connectivity index is 1.68. The fraction of sp³-hybridized carbons (Fsp3) is 0.696. The van der Waals surface area contributed by atoms with Gasteiger partial charge in [-0.05, 0) is 42.8 Å². The first kappa shape index (κ1) is 23.1. The second kappa shape index (κ2) is 12.3. The lowest BCUT2D eigenvalue weighted by atomic mass is 9.99. The molecular weight excluding hydrogens is 396 g/mol. The van der Waals surface area contributed by atoms with Crippen LogP contribution >= 0.6 is 12.2 Å². The summed E-state index contributed by atoms with van der Waals surface area (Å²) in [4.78, 5) is 4.79. The zero-order valence-corrected chi connectivity index (χ0v) is 19.4. The van der Waals surface area contributed by atoms with E-state index in [4.69, 9.17) is 21.7 Å². The van der Waals surface area contributed by atoms with Gasteiger partial charge in [-0.25, -0.2) is 0 Å². The summed E-state index contributed by atoms with van der Waals surface area (Å²) in [6.07, 6.45) is 4.97. The van der Waals surface area contributed by atoms with Crippen LogP contribution in [-0.2, 0) is 9.47 Å². The quantitative estimate of drug-likeness (QED) is 0.572. The predicted molar refractivity (Wildman–Crippen MR) is 130 cm³/mol. The minimum Gasteiger partial charge on any atom is -0.378 e. The molecule has 7 heteroatoms. The van der Waals surface area contributed by atoms with Gasteiger partial charge in [-0.2, -0.15) is 0 Å². The van der Waals surface area contributed by atoms with Crippen molar-refractivity contribution in [3.8, 4) is 0 Å². The van der Waals surface area contributed by atoms with Gasteiger partial charge in [-0.1, -0.05) is 33.1 Å². The second-order valence-corrected chi connectivity index (χ2v) is 8.56. The van der Waals surface area contributed by atoms with E-state index in [2.05, 4.69) is 52.5 Å². The van der Waals surface area contributed by atoms with Gasteiger partial charge >= 0.3 is 0 Å². The molecular formula is C23H38N4O2S. The van der Waals surface area contributed by atoms with Crippen LogP contribution in [0.2, 0.25) is 0 Å². The molecule has 6 nitrogen and oxygen atoms in total. The van der Waals surface area contributed by atoms with Crippen LogP contribution in [0.1, 0.15) is 39.5 Å². The maximum atomic E-state index is 5.64. The fourth-order valence-corrected chi connectivity index (χ4v) is 4.25. The summed E-state index contributed by atoms with van der Waals surface area (Å²) in [5, 5.41) is 7.62. The van der Waals surface area contributed by atoms with Crippen molar-refractivity contribution in [1.82, 2.24) is 5.32 Å². The van der Waals surface area contributed by atoms with Crippen LogP contribution in [0.5, 0.6) is 0 Å². The molecule has 1 aromatic rings. The normalized spacial score (nSPS) is 18.2. The molecule has 0 aliphatic carbocycles. The highest BCUT2D eigenvalue weighted by Crippen LogP contribution is 2.32. The number of nitrogens with zero attached hydrogens (tertiary/aromatic N) is 2. The molecule has 2 N–H and O–H groups in total. The first-order chi connectivity index (χ1) is 14.7. The predicted octanol–water partition coefficient (Wildman–Crippen LogP) is 3.86. The van der Waals surface area contributed by atoms with Crippen LogP contribution in [0.15, 0.2) is 18.2 Å². The van der Waals surface area contributed by atoms with Gasteiger partial charge in [-0.3, -0.25) is 0 Å². The number of nitrogens with one attached hydrogen (secondary N) is 2. The third-order valence-corrected chi connectivity index (χ3v) is 6.30. The molecule has 3 rings (SSSR count). The molecule has 0 amide bonds. The molecule has 0 spiro atoms. The number of ether oxygens (including phenoxy) is 2. The molecule has 30 heavy (non-hydrogen) atoms. The molecule has 0 aromatic heterocycles. The Morgan fingerprint density at radius 3 is 2.33 bits per heavy atom. The molecule has 2 aliphatic heterocycles. The molecule has 2 aliphatic rings. The molecule has 0 unspecified atom stereocenters. The van der Waals surface area contributed by atoms with E-state index in [1.54, 1.807) is 0 Å². The van der Waals surface area contributed by atoms with Crippen LogP contribution in [0.4, 0.5) is 17.1 Å². The van der Waals surface area contributed by atoms with Crippen molar-refractivity contribution in [1.29, 1.82) is 0 Å². The number of unbranched alkanes of at least 4 members (excludes halogenated alkanes) is 1. The monoisotopic (exact) mass is 434 g/mol. The summed E-state index contributed by atoms with van der Waals surface area (Å²) in [7, 11) is 0. The number of morpholine rings is 2. The lowest BCUT2D eigenvalue weighted by molar-refractivity contribution is 0.122.